The van der Waals surface area contributed by atoms with E-state index in [0.717, 1.165) is 4.34 Å². The molecule has 1 aromatic rings. The monoisotopic (exact) mass is 194 g/mol. The van der Waals surface area contributed by atoms with Gasteiger partial charge in [0.1, 0.15) is 12.2 Å². The maximum atomic E-state index is 11.7. The summed E-state index contributed by atoms with van der Waals surface area (Å²) in [5.41, 5.74) is 1.60. The fourth-order valence-electron chi connectivity index (χ4n) is 0.438. The van der Waals surface area contributed by atoms with Crippen molar-refractivity contribution in [3.8, 4) is 0 Å². The quantitative estimate of drug-likeness (QED) is 0.725. The first-order valence-electron chi connectivity index (χ1n) is 2.96. The summed E-state index contributed by atoms with van der Waals surface area (Å²) in [5, 5.41) is 16.1. The Morgan fingerprint density at radius 3 is 3.18 bits per heavy atom. The molecule has 1 aromatic heterocycles. The average Bonchev–Trinajstić information content (AvgIpc) is 2.52. The molecule has 0 aliphatic carbocycles. The van der Waals surface area contributed by atoms with Gasteiger partial charge in [-0.15, -0.1) is 10.2 Å². The van der Waals surface area contributed by atoms with E-state index in [0.29, 0.717) is 5.75 Å². The van der Waals surface area contributed by atoms with Crippen molar-refractivity contribution in [1.82, 2.24) is 10.2 Å². The Balaban J connectivity index is 2.23. The maximum absolute atomic E-state index is 11.7. The Kier molecular flexibility index (Phi) is 3.74. The lowest BCUT2D eigenvalue weighted by Crippen LogP contribution is -2.11. The van der Waals surface area contributed by atoms with Crippen LogP contribution in [0.1, 0.15) is 0 Å². The van der Waals surface area contributed by atoms with Gasteiger partial charge < -0.3 is 5.11 Å². The summed E-state index contributed by atoms with van der Waals surface area (Å²) in [4.78, 5) is 0. The lowest BCUT2D eigenvalue weighted by Gasteiger charge is -2.01. The van der Waals surface area contributed by atoms with E-state index in [-0.39, 0.29) is 0 Å². The number of hydrogen-bond acceptors (Lipinski definition) is 5. The summed E-state index contributed by atoms with van der Waals surface area (Å²) in [5.74, 6) is 0.339. The average molecular weight is 194 g/mol. The van der Waals surface area contributed by atoms with Gasteiger partial charge in [-0.1, -0.05) is 23.1 Å². The molecule has 62 valence electrons. The number of rotatable bonds is 4. The molecule has 11 heavy (non-hydrogen) atoms. The summed E-state index contributed by atoms with van der Waals surface area (Å²) >= 11 is 2.70. The lowest BCUT2D eigenvalue weighted by atomic mass is 10.5. The molecule has 0 aromatic carbocycles. The number of hydrogen-bond donors (Lipinski definition) is 1. The van der Waals surface area contributed by atoms with Crippen molar-refractivity contribution >= 4 is 23.1 Å². The molecule has 0 amide bonds. The van der Waals surface area contributed by atoms with E-state index in [1.807, 2.05) is 0 Å². The molecule has 1 N–H and O–H groups in total. The first-order chi connectivity index (χ1) is 5.33. The van der Waals surface area contributed by atoms with Crippen LogP contribution in [0.5, 0.6) is 0 Å². The van der Waals surface area contributed by atoms with Gasteiger partial charge in [-0.2, -0.15) is 0 Å². The van der Waals surface area contributed by atoms with Gasteiger partial charge in [-0.05, 0) is 0 Å². The van der Waals surface area contributed by atoms with Crippen molar-refractivity contribution < 1.29 is 9.50 Å². The molecule has 0 saturated carbocycles. The normalized spacial score (nSPS) is 13.3. The zero-order valence-corrected chi connectivity index (χ0v) is 7.24. The van der Waals surface area contributed by atoms with Gasteiger partial charge in [0.15, 0.2) is 4.34 Å². The van der Waals surface area contributed by atoms with Gasteiger partial charge in [-0.3, -0.25) is 0 Å². The van der Waals surface area contributed by atoms with Crippen LogP contribution >= 0.6 is 23.1 Å². The van der Waals surface area contributed by atoms with E-state index in [4.69, 9.17) is 5.11 Å². The zero-order chi connectivity index (χ0) is 8.10. The molecule has 6 heteroatoms. The molecule has 0 aliphatic rings. The van der Waals surface area contributed by atoms with E-state index < -0.39 is 12.8 Å². The van der Waals surface area contributed by atoms with Crippen molar-refractivity contribution in [3.05, 3.63) is 5.51 Å². The third-order valence-electron chi connectivity index (χ3n) is 0.917. The summed E-state index contributed by atoms with van der Waals surface area (Å²) in [6.07, 6.45) is -0.885. The minimum Gasteiger partial charge on any atom is -0.390 e. The highest BCUT2D eigenvalue weighted by molar-refractivity contribution is 8.01. The first kappa shape index (κ1) is 8.89. The zero-order valence-electron chi connectivity index (χ0n) is 5.61. The fourth-order valence-corrected chi connectivity index (χ4v) is 1.85. The smallest absolute Gasteiger partial charge is 0.174 e. The highest BCUT2D eigenvalue weighted by atomic mass is 32.2. The molecular formula is C5H7FN2OS2. The minimum atomic E-state index is -0.885. The Morgan fingerprint density at radius 2 is 2.64 bits per heavy atom. The van der Waals surface area contributed by atoms with Crippen LogP contribution < -0.4 is 0 Å². The van der Waals surface area contributed by atoms with E-state index in [1.54, 1.807) is 5.51 Å². The minimum absolute atomic E-state index is 0.339. The second-order valence-electron chi connectivity index (χ2n) is 1.82. The summed E-state index contributed by atoms with van der Waals surface area (Å²) in [6, 6.07) is 0. The van der Waals surface area contributed by atoms with E-state index in [2.05, 4.69) is 10.2 Å². The van der Waals surface area contributed by atoms with Gasteiger partial charge in [0, 0.05) is 5.75 Å². The van der Waals surface area contributed by atoms with Gasteiger partial charge in [-0.25, -0.2) is 4.39 Å². The van der Waals surface area contributed by atoms with Crippen molar-refractivity contribution in [2.24, 2.45) is 0 Å². The molecular weight excluding hydrogens is 187 g/mol. The Morgan fingerprint density at radius 1 is 1.82 bits per heavy atom. The standard InChI is InChI=1S/C5H7FN2OS2/c6-1-4(9)2-10-5-8-7-3-11-5/h3-4,9H,1-2H2. The number of nitrogens with zero attached hydrogens (tertiary/aromatic N) is 2. The highest BCUT2D eigenvalue weighted by Gasteiger charge is 2.05. The predicted molar refractivity (Wildman–Crippen MR) is 42.6 cm³/mol. The molecule has 1 unspecified atom stereocenters. The van der Waals surface area contributed by atoms with Crippen molar-refractivity contribution in [3.63, 3.8) is 0 Å². The van der Waals surface area contributed by atoms with Crippen LogP contribution in [0.3, 0.4) is 0 Å². The van der Waals surface area contributed by atoms with E-state index in [9.17, 15) is 4.39 Å². The molecule has 0 aliphatic heterocycles. The third kappa shape index (κ3) is 3.13. The van der Waals surface area contributed by atoms with Gasteiger partial charge >= 0.3 is 0 Å². The number of thioether (sulfide) groups is 1. The van der Waals surface area contributed by atoms with Crippen LogP contribution in [-0.2, 0) is 0 Å². The fraction of sp³-hybridized carbons (Fsp3) is 0.600. The number of alkyl halides is 1. The Labute approximate surface area is 71.7 Å². The van der Waals surface area contributed by atoms with Crippen LogP contribution in [0.25, 0.3) is 0 Å². The second-order valence-corrected chi connectivity index (χ2v) is 3.92. The molecule has 0 fully saturated rings. The van der Waals surface area contributed by atoms with E-state index in [1.165, 1.54) is 23.1 Å². The van der Waals surface area contributed by atoms with Crippen molar-refractivity contribution in [1.29, 1.82) is 0 Å². The molecule has 3 nitrogen and oxygen atoms in total. The van der Waals surface area contributed by atoms with Crippen molar-refractivity contribution in [2.45, 2.75) is 10.4 Å². The van der Waals surface area contributed by atoms with Gasteiger partial charge in [0.25, 0.3) is 0 Å². The Bertz CT molecular complexity index is 194. The Hall–Kier alpha value is -0.200. The molecule has 0 saturated heterocycles. The van der Waals surface area contributed by atoms with Gasteiger partial charge in [0.2, 0.25) is 0 Å². The second kappa shape index (κ2) is 4.63. The van der Waals surface area contributed by atoms with Gasteiger partial charge in [0.05, 0.1) is 6.10 Å². The van der Waals surface area contributed by atoms with Crippen LogP contribution in [-0.4, -0.2) is 33.8 Å². The third-order valence-corrected chi connectivity index (χ3v) is 2.92. The number of halogens is 1. The summed E-state index contributed by atoms with van der Waals surface area (Å²) in [6.45, 7) is -0.703. The van der Waals surface area contributed by atoms with E-state index >= 15 is 0 Å². The topological polar surface area (TPSA) is 46.0 Å². The number of aromatic nitrogens is 2. The molecule has 0 spiro atoms. The summed E-state index contributed by atoms with van der Waals surface area (Å²) < 4.78 is 12.5. The van der Waals surface area contributed by atoms with Crippen molar-refractivity contribution in [2.75, 3.05) is 12.4 Å². The predicted octanol–water partition coefficient (Wildman–Crippen LogP) is 0.961. The maximum Gasteiger partial charge on any atom is 0.174 e. The number of aliphatic hydroxyl groups is 1. The molecule has 0 radical (unpaired) electrons. The molecule has 0 bridgehead atoms. The highest BCUT2D eigenvalue weighted by Crippen LogP contribution is 2.19. The lowest BCUT2D eigenvalue weighted by molar-refractivity contribution is 0.162. The molecule has 1 heterocycles. The van der Waals surface area contributed by atoms with Crippen LogP contribution in [0.15, 0.2) is 9.85 Å². The number of aliphatic hydroxyl groups excluding tert-OH is 1. The largest absolute Gasteiger partial charge is 0.390 e. The van der Waals surface area contributed by atoms with Crippen LogP contribution in [0, 0.1) is 0 Å². The van der Waals surface area contributed by atoms with Crippen LogP contribution in [0.4, 0.5) is 4.39 Å². The molecule has 1 atom stereocenters. The SMILES string of the molecule is OC(CF)CSc1nncs1. The van der Waals surface area contributed by atoms with Crippen LogP contribution in [0.2, 0.25) is 0 Å². The summed E-state index contributed by atoms with van der Waals surface area (Å²) in [7, 11) is 0. The first-order valence-corrected chi connectivity index (χ1v) is 4.82. The molecule has 1 rings (SSSR count).